The molecular weight excluding hydrogens is 230 g/mol. The van der Waals surface area contributed by atoms with Crippen LogP contribution in [0.25, 0.3) is 11.2 Å². The number of nitrogens with zero attached hydrogens (tertiary/aromatic N) is 4. The van der Waals surface area contributed by atoms with Crippen LogP contribution < -0.4 is 5.73 Å². The van der Waals surface area contributed by atoms with Crippen LogP contribution in [0, 0.1) is 11.8 Å². The Kier molecular flexibility index (Phi) is 2.66. The second-order valence-electron chi connectivity index (χ2n) is 5.03. The number of anilines is 1. The van der Waals surface area contributed by atoms with E-state index in [-0.39, 0.29) is 6.61 Å². The Hall–Kier alpha value is -1.69. The molecule has 0 radical (unpaired) electrons. The average Bonchev–Trinajstić information content (AvgIpc) is 2.93. The zero-order valence-corrected chi connectivity index (χ0v) is 10.3. The minimum Gasteiger partial charge on any atom is -0.396 e. The number of aliphatic hydroxyl groups excluding tert-OH is 1. The van der Waals surface area contributed by atoms with E-state index in [9.17, 15) is 5.11 Å². The molecule has 0 saturated heterocycles. The summed E-state index contributed by atoms with van der Waals surface area (Å²) in [6, 6.07) is 0.335. The van der Waals surface area contributed by atoms with Crippen molar-refractivity contribution in [3.8, 4) is 0 Å². The predicted octanol–water partition coefficient (Wildman–Crippen LogP) is 0.988. The van der Waals surface area contributed by atoms with Crippen molar-refractivity contribution in [2.75, 3.05) is 12.3 Å². The molecule has 0 aromatic carbocycles. The van der Waals surface area contributed by atoms with E-state index in [1.165, 1.54) is 6.33 Å². The molecule has 0 amide bonds. The number of imidazole rings is 1. The molecule has 0 aliphatic heterocycles. The van der Waals surface area contributed by atoms with Crippen LogP contribution in [-0.2, 0) is 0 Å². The normalized spacial score (nSPS) is 28.0. The van der Waals surface area contributed by atoms with Crippen LogP contribution >= 0.6 is 0 Å². The van der Waals surface area contributed by atoms with Crippen molar-refractivity contribution in [3.05, 3.63) is 12.7 Å². The molecule has 3 N–H and O–H groups in total. The molecule has 1 fully saturated rings. The van der Waals surface area contributed by atoms with E-state index in [1.807, 2.05) is 0 Å². The molecule has 96 valence electrons. The van der Waals surface area contributed by atoms with E-state index in [1.54, 1.807) is 6.33 Å². The Morgan fingerprint density at radius 3 is 2.94 bits per heavy atom. The zero-order valence-electron chi connectivity index (χ0n) is 10.3. The summed E-state index contributed by atoms with van der Waals surface area (Å²) in [7, 11) is 0. The lowest BCUT2D eigenvalue weighted by Crippen LogP contribution is -2.17. The lowest BCUT2D eigenvalue weighted by molar-refractivity contribution is 0.189. The molecule has 3 atom stereocenters. The molecule has 2 heterocycles. The smallest absolute Gasteiger partial charge is 0.165 e. The molecule has 2 aromatic heterocycles. The summed E-state index contributed by atoms with van der Waals surface area (Å²) in [6.07, 6.45) is 5.35. The lowest BCUT2D eigenvalue weighted by atomic mass is 9.96. The summed E-state index contributed by atoms with van der Waals surface area (Å²) in [5, 5.41) is 9.34. The molecule has 0 spiro atoms. The fourth-order valence-corrected chi connectivity index (χ4v) is 2.99. The molecule has 0 bridgehead atoms. The van der Waals surface area contributed by atoms with Gasteiger partial charge in [-0.15, -0.1) is 0 Å². The van der Waals surface area contributed by atoms with E-state index in [4.69, 9.17) is 5.73 Å². The summed E-state index contributed by atoms with van der Waals surface area (Å²) >= 11 is 0. The predicted molar refractivity (Wildman–Crippen MR) is 67.7 cm³/mol. The SMILES string of the molecule is CC1C(CO)CCC1n1cnc2c(N)ncnc21. The Bertz CT molecular complexity index is 567. The van der Waals surface area contributed by atoms with Gasteiger partial charge < -0.3 is 15.4 Å². The van der Waals surface area contributed by atoms with Crippen LogP contribution in [0.3, 0.4) is 0 Å². The van der Waals surface area contributed by atoms with Gasteiger partial charge in [-0.05, 0) is 24.7 Å². The van der Waals surface area contributed by atoms with Gasteiger partial charge in [-0.1, -0.05) is 6.92 Å². The number of nitrogen functional groups attached to an aromatic ring is 1. The van der Waals surface area contributed by atoms with Gasteiger partial charge in [0.05, 0.1) is 6.33 Å². The van der Waals surface area contributed by atoms with Gasteiger partial charge in [-0.2, -0.15) is 0 Å². The summed E-state index contributed by atoms with van der Waals surface area (Å²) in [5.41, 5.74) is 7.24. The quantitative estimate of drug-likeness (QED) is 0.826. The molecule has 18 heavy (non-hydrogen) atoms. The standard InChI is InChI=1S/C12H17N5O/c1-7-8(4-18)2-3-9(7)17-6-16-10-11(13)14-5-15-12(10)17/h5-9,18H,2-4H2,1H3,(H2,13,14,15). The third-order valence-corrected chi connectivity index (χ3v) is 4.16. The molecule has 6 nitrogen and oxygen atoms in total. The molecule has 3 rings (SSSR count). The van der Waals surface area contributed by atoms with Crippen molar-refractivity contribution in [1.29, 1.82) is 0 Å². The van der Waals surface area contributed by atoms with Gasteiger partial charge in [0.1, 0.15) is 11.8 Å². The van der Waals surface area contributed by atoms with Gasteiger partial charge in [-0.25, -0.2) is 15.0 Å². The summed E-state index contributed by atoms with van der Waals surface area (Å²) < 4.78 is 2.08. The summed E-state index contributed by atoms with van der Waals surface area (Å²) in [5.74, 6) is 1.21. The fourth-order valence-electron chi connectivity index (χ4n) is 2.99. The number of aliphatic hydroxyl groups is 1. The Labute approximate surface area is 105 Å². The van der Waals surface area contributed by atoms with E-state index in [0.717, 1.165) is 18.5 Å². The highest BCUT2D eigenvalue weighted by Crippen LogP contribution is 2.40. The molecule has 2 aromatic rings. The fraction of sp³-hybridized carbons (Fsp3) is 0.583. The van der Waals surface area contributed by atoms with Gasteiger partial charge in [0.15, 0.2) is 11.5 Å². The average molecular weight is 247 g/mol. The molecule has 6 heteroatoms. The third-order valence-electron chi connectivity index (χ3n) is 4.16. The molecule has 1 aliphatic rings. The first kappa shape index (κ1) is 11.4. The second kappa shape index (κ2) is 4.20. The van der Waals surface area contributed by atoms with Gasteiger partial charge in [0, 0.05) is 12.6 Å². The van der Waals surface area contributed by atoms with Crippen molar-refractivity contribution in [2.45, 2.75) is 25.8 Å². The highest BCUT2D eigenvalue weighted by atomic mass is 16.3. The Morgan fingerprint density at radius 2 is 2.22 bits per heavy atom. The highest BCUT2D eigenvalue weighted by molar-refractivity contribution is 5.81. The summed E-state index contributed by atoms with van der Waals surface area (Å²) in [6.45, 7) is 2.43. The van der Waals surface area contributed by atoms with Gasteiger partial charge in [0.25, 0.3) is 0 Å². The maximum atomic E-state index is 9.34. The van der Waals surface area contributed by atoms with Crippen LogP contribution in [-0.4, -0.2) is 31.2 Å². The monoisotopic (exact) mass is 247 g/mol. The maximum absolute atomic E-state index is 9.34. The van der Waals surface area contributed by atoms with Crippen molar-refractivity contribution in [3.63, 3.8) is 0 Å². The third kappa shape index (κ3) is 1.56. The van der Waals surface area contributed by atoms with E-state index >= 15 is 0 Å². The first-order valence-corrected chi connectivity index (χ1v) is 6.26. The first-order chi connectivity index (χ1) is 8.72. The largest absolute Gasteiger partial charge is 0.396 e. The number of rotatable bonds is 2. The number of fused-ring (bicyclic) bond motifs is 1. The van der Waals surface area contributed by atoms with Crippen LogP contribution in [0.2, 0.25) is 0 Å². The number of nitrogens with two attached hydrogens (primary N) is 1. The van der Waals surface area contributed by atoms with E-state index < -0.39 is 0 Å². The van der Waals surface area contributed by atoms with Gasteiger partial charge >= 0.3 is 0 Å². The molecule has 3 unspecified atom stereocenters. The number of hydrogen-bond donors (Lipinski definition) is 2. The topological polar surface area (TPSA) is 89.8 Å². The Morgan fingerprint density at radius 1 is 1.39 bits per heavy atom. The van der Waals surface area contributed by atoms with Crippen molar-refractivity contribution in [1.82, 2.24) is 19.5 Å². The summed E-state index contributed by atoms with van der Waals surface area (Å²) in [4.78, 5) is 12.5. The molecular formula is C12H17N5O. The van der Waals surface area contributed by atoms with Crippen molar-refractivity contribution in [2.24, 2.45) is 11.8 Å². The van der Waals surface area contributed by atoms with Crippen LogP contribution in [0.1, 0.15) is 25.8 Å². The maximum Gasteiger partial charge on any atom is 0.165 e. The van der Waals surface area contributed by atoms with Gasteiger partial charge in [-0.3, -0.25) is 0 Å². The van der Waals surface area contributed by atoms with Crippen LogP contribution in [0.5, 0.6) is 0 Å². The van der Waals surface area contributed by atoms with E-state index in [2.05, 4.69) is 26.4 Å². The van der Waals surface area contributed by atoms with Crippen molar-refractivity contribution < 1.29 is 5.11 Å². The molecule has 1 aliphatic carbocycles. The number of aromatic nitrogens is 4. The Balaban J connectivity index is 2.03. The minimum atomic E-state index is 0.251. The minimum absolute atomic E-state index is 0.251. The zero-order chi connectivity index (χ0) is 12.7. The van der Waals surface area contributed by atoms with E-state index in [0.29, 0.717) is 29.2 Å². The lowest BCUT2D eigenvalue weighted by Gasteiger charge is -2.20. The van der Waals surface area contributed by atoms with Crippen LogP contribution in [0.4, 0.5) is 5.82 Å². The van der Waals surface area contributed by atoms with Gasteiger partial charge in [0.2, 0.25) is 0 Å². The second-order valence-corrected chi connectivity index (χ2v) is 5.03. The van der Waals surface area contributed by atoms with Crippen LogP contribution in [0.15, 0.2) is 12.7 Å². The highest BCUT2D eigenvalue weighted by Gasteiger charge is 2.34. The number of hydrogen-bond acceptors (Lipinski definition) is 5. The van der Waals surface area contributed by atoms with Crippen molar-refractivity contribution >= 4 is 17.0 Å². The molecule has 1 saturated carbocycles. The first-order valence-electron chi connectivity index (χ1n) is 6.26.